The molecule has 0 spiro atoms. The molecule has 2 fully saturated rings. The molecule has 0 unspecified atom stereocenters. The van der Waals surface area contributed by atoms with Crippen LogP contribution in [0.2, 0.25) is 0 Å². The Morgan fingerprint density at radius 1 is 1.29 bits per heavy atom. The lowest BCUT2D eigenvalue weighted by Gasteiger charge is -2.38. The van der Waals surface area contributed by atoms with Gasteiger partial charge >= 0.3 is 0 Å². The standard InChI is InChI=1S/C13H23N/c1-4-12(11-7-5-8-11)14-10-6-9-13(14,2)3/h4-10H2,1-3H3. The zero-order valence-electron chi connectivity index (χ0n) is 9.90. The SMILES string of the molecule is CCC(=C1CCC1)N1CCCC1(C)C. The minimum absolute atomic E-state index is 0.425. The highest BCUT2D eigenvalue weighted by Gasteiger charge is 2.34. The maximum Gasteiger partial charge on any atom is 0.0343 e. The molecule has 2 aliphatic rings. The summed E-state index contributed by atoms with van der Waals surface area (Å²) in [5.41, 5.74) is 3.86. The Labute approximate surface area is 88.2 Å². The summed E-state index contributed by atoms with van der Waals surface area (Å²) < 4.78 is 0. The molecule has 0 aromatic heterocycles. The van der Waals surface area contributed by atoms with Gasteiger partial charge in [0.05, 0.1) is 0 Å². The van der Waals surface area contributed by atoms with Crippen molar-refractivity contribution in [1.29, 1.82) is 0 Å². The van der Waals surface area contributed by atoms with Crippen LogP contribution in [0.25, 0.3) is 0 Å². The van der Waals surface area contributed by atoms with Crippen molar-refractivity contribution in [2.75, 3.05) is 6.54 Å². The van der Waals surface area contributed by atoms with Crippen molar-refractivity contribution >= 4 is 0 Å². The normalized spacial score (nSPS) is 25.1. The van der Waals surface area contributed by atoms with E-state index in [1.54, 1.807) is 11.3 Å². The molecule has 14 heavy (non-hydrogen) atoms. The molecular formula is C13H23N. The Kier molecular flexibility index (Phi) is 2.59. The molecule has 1 nitrogen and oxygen atoms in total. The average molecular weight is 193 g/mol. The summed E-state index contributed by atoms with van der Waals surface area (Å²) >= 11 is 0. The molecule has 1 saturated carbocycles. The highest BCUT2D eigenvalue weighted by molar-refractivity contribution is 5.21. The van der Waals surface area contributed by atoms with Crippen LogP contribution in [-0.2, 0) is 0 Å². The number of hydrogen-bond acceptors (Lipinski definition) is 1. The predicted molar refractivity (Wildman–Crippen MR) is 61.2 cm³/mol. The molecule has 2 rings (SSSR count). The summed E-state index contributed by atoms with van der Waals surface area (Å²) in [6.45, 7) is 8.40. The van der Waals surface area contributed by atoms with E-state index in [4.69, 9.17) is 0 Å². The van der Waals surface area contributed by atoms with Gasteiger partial charge in [-0.25, -0.2) is 0 Å². The zero-order chi connectivity index (χ0) is 10.2. The largest absolute Gasteiger partial charge is 0.370 e. The Hall–Kier alpha value is -0.460. The van der Waals surface area contributed by atoms with E-state index in [1.165, 1.54) is 45.1 Å². The summed E-state index contributed by atoms with van der Waals surface area (Å²) in [5, 5.41) is 0. The van der Waals surface area contributed by atoms with E-state index in [0.29, 0.717) is 5.54 Å². The van der Waals surface area contributed by atoms with Crippen molar-refractivity contribution in [2.45, 2.75) is 64.8 Å². The van der Waals surface area contributed by atoms with Gasteiger partial charge in [0.2, 0.25) is 0 Å². The zero-order valence-corrected chi connectivity index (χ0v) is 9.90. The van der Waals surface area contributed by atoms with Crippen molar-refractivity contribution in [3.63, 3.8) is 0 Å². The summed E-state index contributed by atoms with van der Waals surface area (Å²) in [6.07, 6.45) is 8.14. The summed E-state index contributed by atoms with van der Waals surface area (Å²) in [5.74, 6) is 0. The molecule has 0 atom stereocenters. The van der Waals surface area contributed by atoms with Crippen molar-refractivity contribution < 1.29 is 0 Å². The fourth-order valence-electron chi connectivity index (χ4n) is 2.88. The Morgan fingerprint density at radius 2 is 2.00 bits per heavy atom. The van der Waals surface area contributed by atoms with Gasteiger partial charge in [-0.05, 0) is 52.4 Å². The smallest absolute Gasteiger partial charge is 0.0343 e. The van der Waals surface area contributed by atoms with Crippen LogP contribution in [0, 0.1) is 0 Å². The Bertz CT molecular complexity index is 244. The molecule has 1 heteroatoms. The highest BCUT2D eigenvalue weighted by atomic mass is 15.2. The molecule has 1 aliphatic heterocycles. The van der Waals surface area contributed by atoms with E-state index in [-0.39, 0.29) is 0 Å². The second-order valence-electron chi connectivity index (χ2n) is 5.32. The van der Waals surface area contributed by atoms with Gasteiger partial charge in [0.1, 0.15) is 0 Å². The van der Waals surface area contributed by atoms with Crippen molar-refractivity contribution in [1.82, 2.24) is 4.90 Å². The molecule has 1 saturated heterocycles. The molecule has 0 bridgehead atoms. The second-order valence-corrected chi connectivity index (χ2v) is 5.32. The first-order valence-corrected chi connectivity index (χ1v) is 6.13. The third-order valence-electron chi connectivity index (χ3n) is 3.93. The van der Waals surface area contributed by atoms with E-state index < -0.39 is 0 Å². The number of rotatable bonds is 2. The highest BCUT2D eigenvalue weighted by Crippen LogP contribution is 2.38. The molecule has 0 amide bonds. The lowest BCUT2D eigenvalue weighted by atomic mass is 9.88. The van der Waals surface area contributed by atoms with Crippen molar-refractivity contribution in [3.05, 3.63) is 11.3 Å². The van der Waals surface area contributed by atoms with Gasteiger partial charge in [-0.1, -0.05) is 12.5 Å². The number of likely N-dealkylation sites (tertiary alicyclic amines) is 1. The number of hydrogen-bond donors (Lipinski definition) is 0. The van der Waals surface area contributed by atoms with Crippen LogP contribution in [0.3, 0.4) is 0 Å². The third-order valence-corrected chi connectivity index (χ3v) is 3.93. The average Bonchev–Trinajstić information content (AvgIpc) is 2.37. The fraction of sp³-hybridized carbons (Fsp3) is 0.846. The first kappa shape index (κ1) is 10.1. The quantitative estimate of drug-likeness (QED) is 0.646. The molecule has 0 aromatic rings. The first-order valence-electron chi connectivity index (χ1n) is 6.13. The maximum absolute atomic E-state index is 2.68. The van der Waals surface area contributed by atoms with Gasteiger partial charge in [0.25, 0.3) is 0 Å². The van der Waals surface area contributed by atoms with E-state index in [1.807, 2.05) is 0 Å². The van der Waals surface area contributed by atoms with Gasteiger partial charge in [0.15, 0.2) is 0 Å². The Balaban J connectivity index is 2.19. The van der Waals surface area contributed by atoms with Crippen LogP contribution in [0.15, 0.2) is 11.3 Å². The van der Waals surface area contributed by atoms with Gasteiger partial charge in [-0.2, -0.15) is 0 Å². The second kappa shape index (κ2) is 3.60. The molecule has 0 aromatic carbocycles. The molecule has 0 N–H and O–H groups in total. The predicted octanol–water partition coefficient (Wildman–Crippen LogP) is 3.71. The van der Waals surface area contributed by atoms with Crippen LogP contribution in [0.4, 0.5) is 0 Å². The monoisotopic (exact) mass is 193 g/mol. The van der Waals surface area contributed by atoms with Gasteiger partial charge < -0.3 is 4.90 Å². The summed E-state index contributed by atoms with van der Waals surface area (Å²) in [4.78, 5) is 2.68. The van der Waals surface area contributed by atoms with Crippen LogP contribution < -0.4 is 0 Å². The minimum atomic E-state index is 0.425. The van der Waals surface area contributed by atoms with E-state index in [9.17, 15) is 0 Å². The number of nitrogens with zero attached hydrogens (tertiary/aromatic N) is 1. The van der Waals surface area contributed by atoms with Gasteiger partial charge in [0, 0.05) is 17.8 Å². The third kappa shape index (κ3) is 1.57. The van der Waals surface area contributed by atoms with Crippen LogP contribution >= 0.6 is 0 Å². The summed E-state index contributed by atoms with van der Waals surface area (Å²) in [6, 6.07) is 0. The van der Waals surface area contributed by atoms with Gasteiger partial charge in [-0.3, -0.25) is 0 Å². The summed E-state index contributed by atoms with van der Waals surface area (Å²) in [7, 11) is 0. The van der Waals surface area contributed by atoms with E-state index >= 15 is 0 Å². The topological polar surface area (TPSA) is 3.24 Å². The van der Waals surface area contributed by atoms with Gasteiger partial charge in [-0.15, -0.1) is 0 Å². The van der Waals surface area contributed by atoms with Crippen molar-refractivity contribution in [3.8, 4) is 0 Å². The molecule has 1 aliphatic carbocycles. The first-order chi connectivity index (χ1) is 6.65. The minimum Gasteiger partial charge on any atom is -0.370 e. The lowest BCUT2D eigenvalue weighted by molar-refractivity contribution is 0.216. The fourth-order valence-corrected chi connectivity index (χ4v) is 2.88. The Morgan fingerprint density at radius 3 is 2.36 bits per heavy atom. The molecule has 1 heterocycles. The molecule has 0 radical (unpaired) electrons. The molecular weight excluding hydrogens is 170 g/mol. The van der Waals surface area contributed by atoms with Crippen molar-refractivity contribution in [2.24, 2.45) is 0 Å². The van der Waals surface area contributed by atoms with Crippen LogP contribution in [0.5, 0.6) is 0 Å². The lowest BCUT2D eigenvalue weighted by Crippen LogP contribution is -2.38. The molecule has 80 valence electrons. The van der Waals surface area contributed by atoms with E-state index in [0.717, 1.165) is 0 Å². The van der Waals surface area contributed by atoms with Crippen LogP contribution in [0.1, 0.15) is 59.3 Å². The maximum atomic E-state index is 2.68. The van der Waals surface area contributed by atoms with Crippen LogP contribution in [-0.4, -0.2) is 17.0 Å². The van der Waals surface area contributed by atoms with E-state index in [2.05, 4.69) is 25.7 Å². The number of allylic oxidation sites excluding steroid dienone is 2.